The number of furan rings is 1. The molecular weight excluding hydrogens is 250 g/mol. The summed E-state index contributed by atoms with van der Waals surface area (Å²) < 4.78 is 5.83. The van der Waals surface area contributed by atoms with Crippen LogP contribution in [0.4, 0.5) is 0 Å². The Hall–Kier alpha value is -1.97. The van der Waals surface area contributed by atoms with E-state index in [0.717, 1.165) is 22.3 Å². The number of aliphatic imine (C=N–C) groups is 1. The van der Waals surface area contributed by atoms with Crippen molar-refractivity contribution >= 4 is 16.9 Å². The van der Waals surface area contributed by atoms with Gasteiger partial charge in [-0.25, -0.2) is 4.99 Å². The second-order valence-electron chi connectivity index (χ2n) is 5.47. The highest BCUT2D eigenvalue weighted by molar-refractivity contribution is 5.82. The number of nitrogens with zero attached hydrogens (tertiary/aromatic N) is 1. The number of fused-ring (bicyclic) bond motifs is 1. The first-order valence-corrected chi connectivity index (χ1v) is 7.27. The zero-order valence-corrected chi connectivity index (χ0v) is 11.9. The van der Waals surface area contributed by atoms with E-state index in [2.05, 4.69) is 23.3 Å². The van der Waals surface area contributed by atoms with Crippen molar-refractivity contribution in [3.8, 4) is 0 Å². The SMILES string of the molecule is Cc1c(CN=C(N)NC2CCCC2)oc2ccccc12. The van der Waals surface area contributed by atoms with Crippen molar-refractivity contribution in [1.29, 1.82) is 0 Å². The lowest BCUT2D eigenvalue weighted by Gasteiger charge is -2.11. The maximum absolute atomic E-state index is 5.94. The van der Waals surface area contributed by atoms with Gasteiger partial charge in [0.2, 0.25) is 0 Å². The largest absolute Gasteiger partial charge is 0.459 e. The predicted molar refractivity (Wildman–Crippen MR) is 81.7 cm³/mol. The smallest absolute Gasteiger partial charge is 0.189 e. The van der Waals surface area contributed by atoms with E-state index in [9.17, 15) is 0 Å². The zero-order valence-electron chi connectivity index (χ0n) is 11.9. The van der Waals surface area contributed by atoms with Crippen molar-refractivity contribution in [1.82, 2.24) is 5.32 Å². The minimum atomic E-state index is 0.492. The lowest BCUT2D eigenvalue weighted by atomic mass is 10.1. The van der Waals surface area contributed by atoms with Crippen LogP contribution in [0.2, 0.25) is 0 Å². The molecule has 0 radical (unpaired) electrons. The Morgan fingerprint density at radius 2 is 2.10 bits per heavy atom. The van der Waals surface area contributed by atoms with Gasteiger partial charge in [-0.1, -0.05) is 31.0 Å². The molecule has 1 fully saturated rings. The van der Waals surface area contributed by atoms with E-state index in [1.54, 1.807) is 0 Å². The van der Waals surface area contributed by atoms with Crippen LogP contribution >= 0.6 is 0 Å². The van der Waals surface area contributed by atoms with Crippen molar-refractivity contribution in [2.45, 2.75) is 45.2 Å². The van der Waals surface area contributed by atoms with Gasteiger partial charge >= 0.3 is 0 Å². The van der Waals surface area contributed by atoms with Gasteiger partial charge in [-0.3, -0.25) is 0 Å². The van der Waals surface area contributed by atoms with Gasteiger partial charge in [0.05, 0.1) is 0 Å². The highest BCUT2D eigenvalue weighted by Gasteiger charge is 2.15. The van der Waals surface area contributed by atoms with Gasteiger partial charge in [-0.05, 0) is 25.8 Å². The molecule has 0 aliphatic heterocycles. The summed E-state index contributed by atoms with van der Waals surface area (Å²) in [7, 11) is 0. The summed E-state index contributed by atoms with van der Waals surface area (Å²) in [6, 6.07) is 8.55. The number of hydrogen-bond donors (Lipinski definition) is 2. The van der Waals surface area contributed by atoms with Crippen molar-refractivity contribution in [3.05, 3.63) is 35.6 Å². The molecule has 4 nitrogen and oxygen atoms in total. The standard InChI is InChI=1S/C16H21N3O/c1-11-13-8-4-5-9-14(13)20-15(11)10-18-16(17)19-12-6-2-3-7-12/h4-5,8-9,12H,2-3,6-7,10H2,1H3,(H3,17,18,19). The summed E-state index contributed by atoms with van der Waals surface area (Å²) in [6.45, 7) is 2.56. The van der Waals surface area contributed by atoms with E-state index < -0.39 is 0 Å². The van der Waals surface area contributed by atoms with E-state index in [-0.39, 0.29) is 0 Å². The van der Waals surface area contributed by atoms with E-state index in [4.69, 9.17) is 10.2 Å². The van der Waals surface area contributed by atoms with Gasteiger partial charge in [0.25, 0.3) is 0 Å². The average molecular weight is 271 g/mol. The molecule has 20 heavy (non-hydrogen) atoms. The lowest BCUT2D eigenvalue weighted by Crippen LogP contribution is -2.38. The highest BCUT2D eigenvalue weighted by Crippen LogP contribution is 2.25. The van der Waals surface area contributed by atoms with E-state index in [1.807, 2.05) is 18.2 Å². The fourth-order valence-corrected chi connectivity index (χ4v) is 2.86. The number of para-hydroxylation sites is 1. The van der Waals surface area contributed by atoms with Crippen LogP contribution in [0.1, 0.15) is 37.0 Å². The Kier molecular flexibility index (Phi) is 3.63. The molecule has 3 rings (SSSR count). The number of hydrogen-bond acceptors (Lipinski definition) is 2. The third kappa shape index (κ3) is 2.64. The van der Waals surface area contributed by atoms with Crippen molar-refractivity contribution < 1.29 is 4.42 Å². The Balaban J connectivity index is 1.70. The molecule has 0 amide bonds. The number of nitrogens with two attached hydrogens (primary N) is 1. The first-order valence-electron chi connectivity index (χ1n) is 7.27. The topological polar surface area (TPSA) is 63.5 Å². The first-order chi connectivity index (χ1) is 9.74. The molecule has 0 atom stereocenters. The van der Waals surface area contributed by atoms with Crippen molar-refractivity contribution in [2.75, 3.05) is 0 Å². The van der Waals surface area contributed by atoms with E-state index in [1.165, 1.54) is 25.7 Å². The van der Waals surface area contributed by atoms with Crippen LogP contribution in [0.15, 0.2) is 33.7 Å². The normalized spacial score (nSPS) is 16.9. The van der Waals surface area contributed by atoms with E-state index >= 15 is 0 Å². The fraction of sp³-hybridized carbons (Fsp3) is 0.438. The summed E-state index contributed by atoms with van der Waals surface area (Å²) in [6.07, 6.45) is 4.96. The molecule has 106 valence electrons. The van der Waals surface area contributed by atoms with E-state index in [0.29, 0.717) is 18.5 Å². The number of aryl methyl sites for hydroxylation is 1. The summed E-state index contributed by atoms with van der Waals surface area (Å²) in [4.78, 5) is 4.40. The minimum Gasteiger partial charge on any atom is -0.459 e. The molecule has 1 heterocycles. The molecule has 3 N–H and O–H groups in total. The van der Waals surface area contributed by atoms with Crippen LogP contribution in [0.5, 0.6) is 0 Å². The third-order valence-corrected chi connectivity index (χ3v) is 4.04. The maximum Gasteiger partial charge on any atom is 0.189 e. The number of rotatable bonds is 3. The van der Waals surface area contributed by atoms with Gasteiger partial charge in [0, 0.05) is 17.0 Å². The molecule has 0 saturated heterocycles. The van der Waals surface area contributed by atoms with Crippen LogP contribution in [0.3, 0.4) is 0 Å². The van der Waals surface area contributed by atoms with Crippen molar-refractivity contribution in [3.63, 3.8) is 0 Å². The predicted octanol–water partition coefficient (Wildman–Crippen LogP) is 3.09. The molecule has 2 aromatic rings. The maximum atomic E-state index is 5.94. The van der Waals surface area contributed by atoms with Gasteiger partial charge in [-0.2, -0.15) is 0 Å². The molecular formula is C16H21N3O. The second kappa shape index (κ2) is 5.57. The van der Waals surface area contributed by atoms with Gasteiger partial charge in [0.15, 0.2) is 5.96 Å². The van der Waals surface area contributed by atoms with Crippen LogP contribution in [0.25, 0.3) is 11.0 Å². The molecule has 1 aromatic carbocycles. The lowest BCUT2D eigenvalue weighted by molar-refractivity contribution is 0.547. The van der Waals surface area contributed by atoms with Gasteiger partial charge in [-0.15, -0.1) is 0 Å². The number of benzene rings is 1. The highest BCUT2D eigenvalue weighted by atomic mass is 16.3. The molecule has 1 aromatic heterocycles. The Morgan fingerprint density at radius 3 is 2.85 bits per heavy atom. The van der Waals surface area contributed by atoms with Gasteiger partial charge in [0.1, 0.15) is 17.9 Å². The summed E-state index contributed by atoms with van der Waals surface area (Å²) >= 11 is 0. The Bertz CT molecular complexity index is 624. The molecule has 0 bridgehead atoms. The molecule has 0 unspecified atom stereocenters. The summed E-state index contributed by atoms with van der Waals surface area (Å²) in [5, 5.41) is 4.44. The average Bonchev–Trinajstić information content (AvgIpc) is 3.06. The molecule has 1 saturated carbocycles. The Morgan fingerprint density at radius 1 is 1.35 bits per heavy atom. The van der Waals surface area contributed by atoms with Gasteiger partial charge < -0.3 is 15.5 Å². The first kappa shape index (κ1) is 13.0. The summed E-state index contributed by atoms with van der Waals surface area (Å²) in [5.74, 6) is 1.42. The Labute approximate surface area is 119 Å². The van der Waals surface area contributed by atoms with Crippen molar-refractivity contribution in [2.24, 2.45) is 10.7 Å². The molecule has 4 heteroatoms. The molecule has 1 aliphatic carbocycles. The number of nitrogens with one attached hydrogen (secondary N) is 1. The second-order valence-corrected chi connectivity index (χ2v) is 5.47. The summed E-state index contributed by atoms with van der Waals surface area (Å²) in [5.41, 5.74) is 8.01. The zero-order chi connectivity index (χ0) is 13.9. The van der Waals surface area contributed by atoms with Crippen LogP contribution < -0.4 is 11.1 Å². The molecule has 1 aliphatic rings. The van der Waals surface area contributed by atoms with Crippen LogP contribution in [0, 0.1) is 6.92 Å². The fourth-order valence-electron chi connectivity index (χ4n) is 2.86. The number of guanidine groups is 1. The minimum absolute atomic E-state index is 0.492. The monoisotopic (exact) mass is 271 g/mol. The third-order valence-electron chi connectivity index (χ3n) is 4.04. The molecule has 0 spiro atoms. The van der Waals surface area contributed by atoms with Crippen LogP contribution in [-0.4, -0.2) is 12.0 Å². The quantitative estimate of drug-likeness (QED) is 0.666. The van der Waals surface area contributed by atoms with Crippen LogP contribution in [-0.2, 0) is 6.54 Å².